The van der Waals surface area contributed by atoms with Gasteiger partial charge in [0.1, 0.15) is 5.75 Å². The second-order valence-electron chi connectivity index (χ2n) is 8.40. The van der Waals surface area contributed by atoms with Gasteiger partial charge in [0.25, 0.3) is 5.91 Å². The minimum atomic E-state index is -3.51. The number of ether oxygens (including phenoxy) is 1. The first-order valence-corrected chi connectivity index (χ1v) is 12.4. The fraction of sp³-hybridized carbons (Fsp3) is 0.417. The zero-order valence-corrected chi connectivity index (χ0v) is 18.7. The van der Waals surface area contributed by atoms with E-state index in [0.29, 0.717) is 24.5 Å². The van der Waals surface area contributed by atoms with Crippen molar-refractivity contribution in [2.75, 3.05) is 25.0 Å². The monoisotopic (exact) mass is 453 g/mol. The summed E-state index contributed by atoms with van der Waals surface area (Å²) >= 11 is 0. The first-order valence-electron chi connectivity index (χ1n) is 11.0. The number of benzene rings is 2. The molecule has 1 aliphatic carbocycles. The molecule has 2 aliphatic rings. The minimum Gasteiger partial charge on any atom is -0.484 e. The molecule has 0 radical (unpaired) electrons. The van der Waals surface area contributed by atoms with Crippen LogP contribution in [0.5, 0.6) is 5.75 Å². The number of rotatable bonds is 7. The standard InChI is InChI=1S/C24H27N3O4S/c25-18-24(13-14-24)19-5-7-20(8-6-19)26-23(28)17-31-21-9-11-22(12-10-21)32(29,30)27-15-3-1-2-4-16-27/h5-12H,1-4,13-17H2,(H,26,28). The smallest absolute Gasteiger partial charge is 0.262 e. The number of anilines is 1. The van der Waals surface area contributed by atoms with Crippen LogP contribution in [0.3, 0.4) is 0 Å². The number of sulfonamides is 1. The quantitative estimate of drug-likeness (QED) is 0.687. The highest BCUT2D eigenvalue weighted by Crippen LogP contribution is 2.47. The predicted molar refractivity (Wildman–Crippen MR) is 121 cm³/mol. The Labute approximate surface area is 189 Å². The second kappa shape index (κ2) is 9.31. The van der Waals surface area contributed by atoms with Gasteiger partial charge < -0.3 is 10.1 Å². The molecule has 1 heterocycles. The highest BCUT2D eigenvalue weighted by molar-refractivity contribution is 7.89. The number of nitrogens with zero attached hydrogens (tertiary/aromatic N) is 2. The predicted octanol–water partition coefficient (Wildman–Crippen LogP) is 3.82. The molecule has 0 aromatic heterocycles. The highest BCUT2D eigenvalue weighted by Gasteiger charge is 2.44. The van der Waals surface area contributed by atoms with Crippen LogP contribution in [0.2, 0.25) is 0 Å². The van der Waals surface area contributed by atoms with Gasteiger partial charge in [-0.15, -0.1) is 0 Å². The first-order chi connectivity index (χ1) is 15.4. The summed E-state index contributed by atoms with van der Waals surface area (Å²) in [6, 6.07) is 15.9. The molecule has 1 saturated carbocycles. The van der Waals surface area contributed by atoms with E-state index in [2.05, 4.69) is 11.4 Å². The normalized spacial score (nSPS) is 18.2. The molecule has 1 amide bonds. The Bertz CT molecular complexity index is 1090. The third-order valence-electron chi connectivity index (χ3n) is 6.08. The number of carbonyl (C=O) groups excluding carboxylic acids is 1. The van der Waals surface area contributed by atoms with E-state index >= 15 is 0 Å². The second-order valence-corrected chi connectivity index (χ2v) is 10.3. The summed E-state index contributed by atoms with van der Waals surface area (Å²) in [5, 5.41) is 12.0. The molecule has 1 aliphatic heterocycles. The molecule has 2 aromatic carbocycles. The van der Waals surface area contributed by atoms with E-state index < -0.39 is 10.0 Å². The van der Waals surface area contributed by atoms with Crippen molar-refractivity contribution in [3.63, 3.8) is 0 Å². The third-order valence-corrected chi connectivity index (χ3v) is 7.99. The number of nitriles is 1. The Morgan fingerprint density at radius 2 is 1.62 bits per heavy atom. The Kier molecular flexibility index (Phi) is 6.49. The van der Waals surface area contributed by atoms with E-state index in [-0.39, 0.29) is 22.8 Å². The number of hydrogen-bond acceptors (Lipinski definition) is 5. The third kappa shape index (κ3) is 4.95. The number of amides is 1. The van der Waals surface area contributed by atoms with Crippen LogP contribution in [0.4, 0.5) is 5.69 Å². The SMILES string of the molecule is N#CC1(c2ccc(NC(=O)COc3ccc(S(=O)(=O)N4CCCCCC4)cc3)cc2)CC1. The maximum atomic E-state index is 12.8. The fourth-order valence-corrected chi connectivity index (χ4v) is 5.46. The summed E-state index contributed by atoms with van der Waals surface area (Å²) in [4.78, 5) is 12.4. The highest BCUT2D eigenvalue weighted by atomic mass is 32.2. The largest absolute Gasteiger partial charge is 0.484 e. The zero-order chi connectivity index (χ0) is 22.6. The van der Waals surface area contributed by atoms with Crippen molar-refractivity contribution in [1.82, 2.24) is 4.31 Å². The molecule has 2 aromatic rings. The van der Waals surface area contributed by atoms with Gasteiger partial charge in [-0.25, -0.2) is 8.42 Å². The van der Waals surface area contributed by atoms with Crippen molar-refractivity contribution in [2.24, 2.45) is 0 Å². The van der Waals surface area contributed by atoms with Gasteiger partial charge in [-0.1, -0.05) is 25.0 Å². The summed E-state index contributed by atoms with van der Waals surface area (Å²) < 4.78 is 32.7. The molecule has 0 spiro atoms. The van der Waals surface area contributed by atoms with Gasteiger partial charge in [0.15, 0.2) is 6.61 Å². The van der Waals surface area contributed by atoms with Crippen molar-refractivity contribution in [3.8, 4) is 11.8 Å². The number of carbonyl (C=O) groups is 1. The van der Waals surface area contributed by atoms with Crippen LogP contribution in [0.15, 0.2) is 53.4 Å². The van der Waals surface area contributed by atoms with E-state index in [1.54, 1.807) is 28.6 Å². The molecule has 0 unspecified atom stereocenters. The van der Waals surface area contributed by atoms with Crippen molar-refractivity contribution >= 4 is 21.6 Å². The summed E-state index contributed by atoms with van der Waals surface area (Å²) in [5.41, 5.74) is 1.26. The van der Waals surface area contributed by atoms with Crippen LogP contribution >= 0.6 is 0 Å². The Balaban J connectivity index is 1.30. The Morgan fingerprint density at radius 3 is 2.19 bits per heavy atom. The molecule has 1 saturated heterocycles. The van der Waals surface area contributed by atoms with Crippen LogP contribution in [-0.2, 0) is 20.2 Å². The summed E-state index contributed by atoms with van der Waals surface area (Å²) in [6.07, 6.45) is 5.65. The van der Waals surface area contributed by atoms with Crippen molar-refractivity contribution in [3.05, 3.63) is 54.1 Å². The molecule has 7 nitrogen and oxygen atoms in total. The fourth-order valence-electron chi connectivity index (χ4n) is 3.95. The maximum absolute atomic E-state index is 12.8. The maximum Gasteiger partial charge on any atom is 0.262 e. The molecular weight excluding hydrogens is 426 g/mol. The van der Waals surface area contributed by atoms with Crippen molar-refractivity contribution < 1.29 is 17.9 Å². The van der Waals surface area contributed by atoms with Gasteiger partial charge in [0.05, 0.1) is 16.4 Å². The van der Waals surface area contributed by atoms with Gasteiger partial charge in [0, 0.05) is 18.8 Å². The lowest BCUT2D eigenvalue weighted by Gasteiger charge is -2.20. The van der Waals surface area contributed by atoms with Gasteiger partial charge in [-0.05, 0) is 67.6 Å². The lowest BCUT2D eigenvalue weighted by Crippen LogP contribution is -2.31. The van der Waals surface area contributed by atoms with Gasteiger partial charge in [-0.2, -0.15) is 9.57 Å². The van der Waals surface area contributed by atoms with E-state index in [9.17, 15) is 18.5 Å². The topological polar surface area (TPSA) is 99.5 Å². The molecule has 8 heteroatoms. The van der Waals surface area contributed by atoms with Crippen LogP contribution in [-0.4, -0.2) is 38.3 Å². The summed E-state index contributed by atoms with van der Waals surface area (Å²) in [5.74, 6) is 0.107. The van der Waals surface area contributed by atoms with E-state index in [1.807, 2.05) is 12.1 Å². The molecule has 1 N–H and O–H groups in total. The van der Waals surface area contributed by atoms with Crippen LogP contribution in [0, 0.1) is 11.3 Å². The van der Waals surface area contributed by atoms with Crippen molar-refractivity contribution in [2.45, 2.75) is 48.8 Å². The molecule has 0 atom stereocenters. The molecule has 32 heavy (non-hydrogen) atoms. The number of hydrogen-bond donors (Lipinski definition) is 1. The summed E-state index contributed by atoms with van der Waals surface area (Å²) in [6.45, 7) is 0.917. The molecule has 0 bridgehead atoms. The van der Waals surface area contributed by atoms with Gasteiger partial charge >= 0.3 is 0 Å². The zero-order valence-electron chi connectivity index (χ0n) is 17.9. The van der Waals surface area contributed by atoms with E-state index in [4.69, 9.17) is 4.74 Å². The van der Waals surface area contributed by atoms with E-state index in [0.717, 1.165) is 44.1 Å². The lowest BCUT2D eigenvalue weighted by molar-refractivity contribution is -0.118. The van der Waals surface area contributed by atoms with Crippen LogP contribution in [0.25, 0.3) is 0 Å². The average Bonchev–Trinajstić information content (AvgIpc) is 3.63. The molecular formula is C24H27N3O4S. The number of nitrogens with one attached hydrogen (secondary N) is 1. The first kappa shape index (κ1) is 22.3. The van der Waals surface area contributed by atoms with E-state index in [1.165, 1.54) is 12.1 Å². The summed E-state index contributed by atoms with van der Waals surface area (Å²) in [7, 11) is -3.51. The van der Waals surface area contributed by atoms with Gasteiger partial charge in [-0.3, -0.25) is 4.79 Å². The Hall–Kier alpha value is -2.89. The van der Waals surface area contributed by atoms with Crippen LogP contribution in [0.1, 0.15) is 44.1 Å². The minimum absolute atomic E-state index is 0.192. The molecule has 2 fully saturated rings. The van der Waals surface area contributed by atoms with Crippen LogP contribution < -0.4 is 10.1 Å². The average molecular weight is 454 g/mol. The Morgan fingerprint density at radius 1 is 1.00 bits per heavy atom. The van der Waals surface area contributed by atoms with Crippen molar-refractivity contribution in [1.29, 1.82) is 5.26 Å². The van der Waals surface area contributed by atoms with Gasteiger partial charge in [0.2, 0.25) is 10.0 Å². The lowest BCUT2D eigenvalue weighted by atomic mass is 9.98. The molecule has 168 valence electrons. The molecule has 4 rings (SSSR count).